The number of allylic oxidation sites excluding steroid dienone is 4. The molecule has 0 aromatic carbocycles. The number of nitrogens with one attached hydrogen (secondary N) is 1. The zero-order valence-electron chi connectivity index (χ0n) is 24.3. The molecule has 228 valence electrons. The summed E-state index contributed by atoms with van der Waals surface area (Å²) in [6.07, 6.45) is 25.8. The first-order valence-corrected chi connectivity index (χ1v) is 16.3. The topological polar surface area (TPSA) is 131 Å². The van der Waals surface area contributed by atoms with Crippen molar-refractivity contribution in [2.75, 3.05) is 26.4 Å². The van der Waals surface area contributed by atoms with Crippen molar-refractivity contribution in [3.63, 3.8) is 0 Å². The molecule has 1 amide bonds. The Hall–Kier alpha value is -1.51. The molecule has 2 atom stereocenters. The Labute approximate surface area is 236 Å². The summed E-state index contributed by atoms with van der Waals surface area (Å²) < 4.78 is 26.0. The van der Waals surface area contributed by atoms with Crippen LogP contribution in [0.4, 0.5) is 0 Å². The van der Waals surface area contributed by atoms with Crippen LogP contribution < -0.4 is 5.32 Å². The van der Waals surface area contributed by atoms with E-state index in [9.17, 15) is 24.2 Å². The lowest BCUT2D eigenvalue weighted by Gasteiger charge is -2.15. The van der Waals surface area contributed by atoms with E-state index in [-0.39, 0.29) is 32.1 Å². The molecule has 0 heterocycles. The minimum absolute atomic E-state index is 0.0549. The van der Waals surface area contributed by atoms with Crippen LogP contribution in [0, 0.1) is 0 Å². The van der Waals surface area contributed by atoms with Gasteiger partial charge in [0.2, 0.25) is 5.91 Å². The number of hydrogen-bond acceptors (Lipinski definition) is 7. The van der Waals surface area contributed by atoms with Gasteiger partial charge in [0.15, 0.2) is 0 Å². The lowest BCUT2D eigenvalue weighted by Crippen LogP contribution is -2.25. The van der Waals surface area contributed by atoms with Gasteiger partial charge in [0.1, 0.15) is 12.7 Å². The number of aliphatic hydroxyl groups is 1. The van der Waals surface area contributed by atoms with Crippen LogP contribution in [0.25, 0.3) is 0 Å². The van der Waals surface area contributed by atoms with Crippen molar-refractivity contribution in [1.29, 1.82) is 0 Å². The molecule has 0 aliphatic carbocycles. The molecule has 0 aromatic heterocycles. The van der Waals surface area contributed by atoms with E-state index in [2.05, 4.69) is 45.6 Å². The summed E-state index contributed by atoms with van der Waals surface area (Å²) in [6.45, 7) is 2.54. The predicted octanol–water partition coefficient (Wildman–Crippen LogP) is 6.53. The zero-order valence-corrected chi connectivity index (χ0v) is 25.2. The van der Waals surface area contributed by atoms with E-state index in [1.54, 1.807) is 0 Å². The van der Waals surface area contributed by atoms with E-state index in [1.807, 2.05) is 0 Å². The van der Waals surface area contributed by atoms with Crippen LogP contribution in [0.1, 0.15) is 117 Å². The van der Waals surface area contributed by atoms with Gasteiger partial charge in [-0.1, -0.05) is 89.0 Å². The molecule has 0 saturated heterocycles. The molecular formula is C29H54NO8P. The summed E-state index contributed by atoms with van der Waals surface area (Å²) in [5, 5.41) is 12.2. The van der Waals surface area contributed by atoms with Crippen molar-refractivity contribution in [1.82, 2.24) is 5.32 Å². The second kappa shape index (κ2) is 26.7. The summed E-state index contributed by atoms with van der Waals surface area (Å²) in [7, 11) is -4.36. The van der Waals surface area contributed by atoms with E-state index in [0.29, 0.717) is 0 Å². The highest BCUT2D eigenvalue weighted by molar-refractivity contribution is 7.47. The fraction of sp³-hybridized carbons (Fsp3) is 0.793. The number of rotatable bonds is 27. The van der Waals surface area contributed by atoms with Crippen LogP contribution in [0.3, 0.4) is 0 Å². The first-order chi connectivity index (χ1) is 18.8. The predicted molar refractivity (Wildman–Crippen MR) is 155 cm³/mol. The van der Waals surface area contributed by atoms with Crippen molar-refractivity contribution in [2.24, 2.45) is 0 Å². The van der Waals surface area contributed by atoms with E-state index in [1.165, 1.54) is 77.6 Å². The quantitative estimate of drug-likeness (QED) is 0.0436. The highest BCUT2D eigenvalue weighted by atomic mass is 31.2. The van der Waals surface area contributed by atoms with Gasteiger partial charge < -0.3 is 20.1 Å². The molecule has 39 heavy (non-hydrogen) atoms. The number of phosphoric acid groups is 1. The molecule has 10 heteroatoms. The van der Waals surface area contributed by atoms with Crippen molar-refractivity contribution in [2.45, 2.75) is 123 Å². The van der Waals surface area contributed by atoms with E-state index < -0.39 is 26.5 Å². The molecular weight excluding hydrogens is 521 g/mol. The van der Waals surface area contributed by atoms with Crippen LogP contribution in [-0.2, 0) is 27.9 Å². The highest BCUT2D eigenvalue weighted by Crippen LogP contribution is 2.42. The molecule has 0 spiro atoms. The summed E-state index contributed by atoms with van der Waals surface area (Å²) in [5.74, 6) is -0.702. The average molecular weight is 576 g/mol. The molecule has 0 aromatic rings. The van der Waals surface area contributed by atoms with Crippen LogP contribution in [0.2, 0.25) is 0 Å². The lowest BCUT2D eigenvalue weighted by atomic mass is 10.1. The van der Waals surface area contributed by atoms with Gasteiger partial charge in [-0.3, -0.25) is 18.6 Å². The van der Waals surface area contributed by atoms with Crippen molar-refractivity contribution >= 4 is 19.7 Å². The second-order valence-corrected chi connectivity index (χ2v) is 11.3. The van der Waals surface area contributed by atoms with Crippen LogP contribution in [0.15, 0.2) is 24.3 Å². The molecule has 0 aliphatic rings. The third kappa shape index (κ3) is 29.3. The number of esters is 1. The van der Waals surface area contributed by atoms with Crippen LogP contribution in [0.5, 0.6) is 0 Å². The summed E-state index contributed by atoms with van der Waals surface area (Å²) >= 11 is 0. The molecule has 0 saturated carbocycles. The molecule has 0 rings (SSSR count). The Morgan fingerprint density at radius 1 is 0.821 bits per heavy atom. The van der Waals surface area contributed by atoms with Gasteiger partial charge >= 0.3 is 13.8 Å². The Morgan fingerprint density at radius 3 is 1.97 bits per heavy atom. The minimum Gasteiger partial charge on any atom is -0.463 e. The van der Waals surface area contributed by atoms with Gasteiger partial charge in [-0.25, -0.2) is 4.57 Å². The lowest BCUT2D eigenvalue weighted by molar-refractivity contribution is -0.147. The number of ether oxygens (including phenoxy) is 1. The first kappa shape index (κ1) is 37.5. The number of unbranched alkanes of at least 4 members (excludes halogenated alkanes) is 12. The largest absolute Gasteiger partial charge is 0.472 e. The summed E-state index contributed by atoms with van der Waals surface area (Å²) in [4.78, 5) is 32.0. The Balaban J connectivity index is 3.51. The molecule has 3 N–H and O–H groups in total. The van der Waals surface area contributed by atoms with Gasteiger partial charge in [0, 0.05) is 19.9 Å². The maximum Gasteiger partial charge on any atom is 0.472 e. The number of hydrogen-bond donors (Lipinski definition) is 3. The Morgan fingerprint density at radius 2 is 1.38 bits per heavy atom. The van der Waals surface area contributed by atoms with Gasteiger partial charge in [-0.05, 0) is 38.5 Å². The van der Waals surface area contributed by atoms with Crippen molar-refractivity contribution in [3.8, 4) is 0 Å². The molecule has 0 radical (unpaired) electrons. The van der Waals surface area contributed by atoms with Gasteiger partial charge in [0.25, 0.3) is 0 Å². The normalized spacial score (nSPS) is 14.1. The smallest absolute Gasteiger partial charge is 0.463 e. The van der Waals surface area contributed by atoms with E-state index in [0.717, 1.165) is 25.7 Å². The van der Waals surface area contributed by atoms with E-state index >= 15 is 0 Å². The second-order valence-electron chi connectivity index (χ2n) is 9.81. The maximum atomic E-state index is 11.8. The number of phosphoric ester groups is 1. The third-order valence-electron chi connectivity index (χ3n) is 5.93. The third-order valence-corrected chi connectivity index (χ3v) is 6.91. The number of amides is 1. The zero-order chi connectivity index (χ0) is 29.0. The fourth-order valence-electron chi connectivity index (χ4n) is 3.70. The number of carbonyl (C=O) groups excluding carboxylic acids is 2. The monoisotopic (exact) mass is 575 g/mol. The summed E-state index contributed by atoms with van der Waals surface area (Å²) in [5.41, 5.74) is 0. The van der Waals surface area contributed by atoms with Crippen molar-refractivity contribution < 1.29 is 37.9 Å². The Kier molecular flexibility index (Phi) is 25.7. The van der Waals surface area contributed by atoms with Crippen LogP contribution >= 0.6 is 7.82 Å². The molecule has 0 bridgehead atoms. The first-order valence-electron chi connectivity index (χ1n) is 14.8. The average Bonchev–Trinajstić information content (AvgIpc) is 2.90. The number of carbonyl (C=O) groups is 2. The van der Waals surface area contributed by atoms with Crippen molar-refractivity contribution in [3.05, 3.63) is 24.3 Å². The molecule has 2 unspecified atom stereocenters. The molecule has 9 nitrogen and oxygen atoms in total. The Bertz CT molecular complexity index is 713. The maximum absolute atomic E-state index is 11.8. The standard InChI is InChI=1S/C29H54NO8P/c1-3-4-5-6-7-8-9-10-11-12-13-14-15-16-17-18-19-20-21-22-29(33)36-25-28(32)26-38-39(34,35)37-24-23-30-27(2)31/h7-8,10-11,28,32H,3-6,9,12-26H2,1-2H3,(H,30,31)(H,34,35)/b8-7-,11-10-. The minimum atomic E-state index is -4.36. The molecule has 0 aliphatic heterocycles. The van der Waals surface area contributed by atoms with Gasteiger partial charge in [-0.15, -0.1) is 0 Å². The molecule has 0 fully saturated rings. The highest BCUT2D eigenvalue weighted by Gasteiger charge is 2.23. The van der Waals surface area contributed by atoms with Crippen LogP contribution in [-0.4, -0.2) is 54.3 Å². The number of aliphatic hydroxyl groups excluding tert-OH is 1. The SMILES string of the molecule is CCCCC/C=C\C/C=C\CCCCCCCCCCCC(=O)OCC(O)COP(=O)(O)OCCNC(C)=O. The fourth-order valence-corrected chi connectivity index (χ4v) is 4.46. The van der Waals surface area contributed by atoms with Gasteiger partial charge in [-0.2, -0.15) is 0 Å². The van der Waals surface area contributed by atoms with E-state index in [4.69, 9.17) is 4.74 Å². The van der Waals surface area contributed by atoms with Gasteiger partial charge in [0.05, 0.1) is 13.2 Å². The summed E-state index contributed by atoms with van der Waals surface area (Å²) in [6, 6.07) is 0.